The lowest BCUT2D eigenvalue weighted by molar-refractivity contribution is -0.275. The molecule has 2 heterocycles. The smallest absolute Gasteiger partial charge is 0.435 e. The SMILES string of the molecule is O=C([O-])c1sc(C2=NOC(c3cc(Cl)c(F)c(Cl)c3)(C(F)(F)F)C2)c2c1CCCC2. The minimum absolute atomic E-state index is 0.000204. The van der Waals surface area contributed by atoms with Gasteiger partial charge in [-0.1, -0.05) is 28.4 Å². The van der Waals surface area contributed by atoms with Gasteiger partial charge in [-0.25, -0.2) is 4.39 Å². The van der Waals surface area contributed by atoms with Crippen LogP contribution in [0, 0.1) is 5.82 Å². The van der Waals surface area contributed by atoms with Gasteiger partial charge in [-0.15, -0.1) is 11.3 Å². The summed E-state index contributed by atoms with van der Waals surface area (Å²) in [5.74, 6) is -2.41. The lowest BCUT2D eigenvalue weighted by Gasteiger charge is -2.29. The predicted octanol–water partition coefficient (Wildman–Crippen LogP) is 5.02. The molecule has 2 aliphatic rings. The molecule has 160 valence electrons. The third-order valence-electron chi connectivity index (χ3n) is 5.30. The highest BCUT2D eigenvalue weighted by Gasteiger charge is 2.62. The number of benzene rings is 1. The minimum Gasteiger partial charge on any atom is -0.544 e. The number of nitrogens with zero attached hydrogens (tertiary/aromatic N) is 1. The Morgan fingerprint density at radius 2 is 1.77 bits per heavy atom. The van der Waals surface area contributed by atoms with Crippen LogP contribution in [0.25, 0.3) is 0 Å². The molecule has 2 aromatic rings. The van der Waals surface area contributed by atoms with Gasteiger partial charge in [-0.05, 0) is 48.9 Å². The third kappa shape index (κ3) is 3.27. The van der Waals surface area contributed by atoms with Gasteiger partial charge in [0.2, 0.25) is 0 Å². The number of carbonyl (C=O) groups is 1. The van der Waals surface area contributed by atoms with Crippen molar-refractivity contribution in [2.75, 3.05) is 0 Å². The van der Waals surface area contributed by atoms with Gasteiger partial charge in [-0.2, -0.15) is 13.2 Å². The maximum atomic E-state index is 14.1. The summed E-state index contributed by atoms with van der Waals surface area (Å²) in [4.78, 5) is 16.8. The highest BCUT2D eigenvalue weighted by atomic mass is 35.5. The van der Waals surface area contributed by atoms with Crippen molar-refractivity contribution in [1.82, 2.24) is 0 Å². The number of aromatic carboxylic acids is 1. The summed E-state index contributed by atoms with van der Waals surface area (Å²) in [7, 11) is 0. The molecule has 4 rings (SSSR count). The largest absolute Gasteiger partial charge is 0.544 e. The lowest BCUT2D eigenvalue weighted by Crippen LogP contribution is -2.42. The Morgan fingerprint density at radius 1 is 1.17 bits per heavy atom. The van der Waals surface area contributed by atoms with Crippen molar-refractivity contribution < 1.29 is 32.3 Å². The molecule has 1 unspecified atom stereocenters. The molecule has 11 heteroatoms. The van der Waals surface area contributed by atoms with Gasteiger partial charge < -0.3 is 14.7 Å². The van der Waals surface area contributed by atoms with Gasteiger partial charge in [0.15, 0.2) is 5.82 Å². The molecule has 0 radical (unpaired) electrons. The van der Waals surface area contributed by atoms with Crippen molar-refractivity contribution in [3.8, 4) is 0 Å². The van der Waals surface area contributed by atoms with E-state index in [0.29, 0.717) is 28.8 Å². The first kappa shape index (κ1) is 21.4. The molecular weight excluding hydrogens is 469 g/mol. The Balaban J connectivity index is 1.80. The highest BCUT2D eigenvalue weighted by Crippen LogP contribution is 2.51. The zero-order valence-electron chi connectivity index (χ0n) is 15.0. The van der Waals surface area contributed by atoms with Crippen LogP contribution in [0.5, 0.6) is 0 Å². The monoisotopic (exact) mass is 480 g/mol. The quantitative estimate of drug-likeness (QED) is 0.457. The number of fused-ring (bicyclic) bond motifs is 1. The van der Waals surface area contributed by atoms with E-state index in [0.717, 1.165) is 36.3 Å². The summed E-state index contributed by atoms with van der Waals surface area (Å²) in [5.41, 5.74) is -2.19. The maximum Gasteiger partial charge on any atom is 0.435 e. The Morgan fingerprint density at radius 3 is 2.33 bits per heavy atom. The van der Waals surface area contributed by atoms with Crippen LogP contribution in [0.1, 0.15) is 50.5 Å². The molecule has 0 bridgehead atoms. The van der Waals surface area contributed by atoms with E-state index in [1.807, 2.05) is 0 Å². The molecule has 0 spiro atoms. The zero-order chi connectivity index (χ0) is 21.8. The Kier molecular flexibility index (Phi) is 5.27. The van der Waals surface area contributed by atoms with Crippen LogP contribution in [0.2, 0.25) is 10.0 Å². The molecule has 0 saturated carbocycles. The zero-order valence-corrected chi connectivity index (χ0v) is 17.4. The lowest BCUT2D eigenvalue weighted by atomic mass is 9.85. The molecule has 0 N–H and O–H groups in total. The molecule has 1 aliphatic heterocycles. The van der Waals surface area contributed by atoms with E-state index in [2.05, 4.69) is 5.16 Å². The molecule has 4 nitrogen and oxygen atoms in total. The molecule has 1 aliphatic carbocycles. The first-order valence-corrected chi connectivity index (χ1v) is 10.5. The molecule has 1 atom stereocenters. The number of halogens is 6. The van der Waals surface area contributed by atoms with Crippen LogP contribution in [-0.4, -0.2) is 17.9 Å². The number of carboxylic acid groups (broad SMARTS) is 1. The first-order valence-electron chi connectivity index (χ1n) is 8.88. The van der Waals surface area contributed by atoms with Gasteiger partial charge >= 0.3 is 6.18 Å². The molecule has 0 amide bonds. The Bertz CT molecular complexity index is 1060. The number of rotatable bonds is 3. The number of carbonyl (C=O) groups excluding carboxylic acids is 1. The van der Waals surface area contributed by atoms with Crippen LogP contribution >= 0.6 is 34.5 Å². The second-order valence-electron chi connectivity index (χ2n) is 7.10. The fourth-order valence-corrected chi connectivity index (χ4v) is 5.54. The number of alkyl halides is 3. The van der Waals surface area contributed by atoms with Crippen LogP contribution < -0.4 is 5.11 Å². The van der Waals surface area contributed by atoms with Crippen molar-refractivity contribution in [1.29, 1.82) is 0 Å². The number of hydrogen-bond acceptors (Lipinski definition) is 5. The Hall–Kier alpha value is -1.84. The van der Waals surface area contributed by atoms with E-state index < -0.39 is 45.6 Å². The molecule has 0 saturated heterocycles. The number of carboxylic acids is 1. The molecule has 1 aromatic heterocycles. The summed E-state index contributed by atoms with van der Waals surface area (Å²) in [6, 6.07) is 1.62. The van der Waals surface area contributed by atoms with E-state index in [-0.39, 0.29) is 10.6 Å². The number of hydrogen-bond donors (Lipinski definition) is 0. The van der Waals surface area contributed by atoms with E-state index in [4.69, 9.17) is 28.0 Å². The van der Waals surface area contributed by atoms with Crippen molar-refractivity contribution in [3.63, 3.8) is 0 Å². The molecule has 0 fully saturated rings. The van der Waals surface area contributed by atoms with Crippen molar-refractivity contribution in [3.05, 3.63) is 54.4 Å². The van der Waals surface area contributed by atoms with Crippen LogP contribution in [0.3, 0.4) is 0 Å². The molecule has 30 heavy (non-hydrogen) atoms. The average molecular weight is 481 g/mol. The van der Waals surface area contributed by atoms with Crippen LogP contribution in [0.4, 0.5) is 17.6 Å². The van der Waals surface area contributed by atoms with Crippen molar-refractivity contribution >= 4 is 46.2 Å². The van der Waals surface area contributed by atoms with Gasteiger partial charge in [0.05, 0.1) is 32.2 Å². The van der Waals surface area contributed by atoms with Crippen LogP contribution in [0.15, 0.2) is 17.3 Å². The highest BCUT2D eigenvalue weighted by molar-refractivity contribution is 7.16. The normalized spacial score (nSPS) is 21.2. The topological polar surface area (TPSA) is 61.7 Å². The number of oxime groups is 1. The van der Waals surface area contributed by atoms with E-state index in [1.165, 1.54) is 0 Å². The fourth-order valence-electron chi connectivity index (χ4n) is 3.84. The second kappa shape index (κ2) is 7.39. The fraction of sp³-hybridized carbons (Fsp3) is 0.368. The predicted molar refractivity (Wildman–Crippen MR) is 102 cm³/mol. The van der Waals surface area contributed by atoms with E-state index >= 15 is 0 Å². The standard InChI is InChI=1S/C19H13Cl2F4NO3S/c20-11-5-8(6-12(21)14(11)22)18(19(23,24)25)7-13(26-29-18)15-9-3-1-2-4-10(9)16(30-15)17(27)28/h5-6H,1-4,7H2,(H,27,28)/p-1. The Labute approximate surface area is 182 Å². The van der Waals surface area contributed by atoms with Gasteiger partial charge in [-0.3, -0.25) is 0 Å². The third-order valence-corrected chi connectivity index (χ3v) is 7.16. The van der Waals surface area contributed by atoms with E-state index in [9.17, 15) is 27.5 Å². The summed E-state index contributed by atoms with van der Waals surface area (Å²) >= 11 is 12.3. The first-order chi connectivity index (χ1) is 14.0. The molecular formula is C19H12Cl2F4NO3S-. The minimum atomic E-state index is -4.93. The summed E-state index contributed by atoms with van der Waals surface area (Å²) < 4.78 is 56.2. The number of thiophene rings is 1. The maximum absolute atomic E-state index is 14.1. The summed E-state index contributed by atoms with van der Waals surface area (Å²) in [6.45, 7) is 0. The van der Waals surface area contributed by atoms with Gasteiger partial charge in [0, 0.05) is 5.56 Å². The van der Waals surface area contributed by atoms with Crippen molar-refractivity contribution in [2.45, 2.75) is 43.9 Å². The summed E-state index contributed by atoms with van der Waals surface area (Å²) in [5, 5.41) is 14.0. The van der Waals surface area contributed by atoms with Crippen molar-refractivity contribution in [2.24, 2.45) is 5.16 Å². The second-order valence-corrected chi connectivity index (χ2v) is 8.93. The average Bonchev–Trinajstić information content (AvgIpc) is 3.28. The van der Waals surface area contributed by atoms with Gasteiger partial charge in [0.1, 0.15) is 5.71 Å². The van der Waals surface area contributed by atoms with Crippen LogP contribution in [-0.2, 0) is 23.3 Å². The van der Waals surface area contributed by atoms with Gasteiger partial charge in [0.25, 0.3) is 5.60 Å². The molecule has 1 aromatic carbocycles. The summed E-state index contributed by atoms with van der Waals surface area (Å²) in [6.07, 6.45) is -3.06. The van der Waals surface area contributed by atoms with E-state index in [1.54, 1.807) is 0 Å².